The maximum absolute atomic E-state index is 10.7. The number of aromatic carboxylic acids is 1. The molecule has 1 aromatic heterocycles. The number of carboxylic acid groups (broad SMARTS) is 1. The highest BCUT2D eigenvalue weighted by Gasteiger charge is 2.23. The van der Waals surface area contributed by atoms with Crippen LogP contribution in [0, 0.1) is 0 Å². The van der Waals surface area contributed by atoms with Gasteiger partial charge in [0.2, 0.25) is 5.95 Å². The Morgan fingerprint density at radius 3 is 2.67 bits per heavy atom. The van der Waals surface area contributed by atoms with E-state index in [9.17, 15) is 4.79 Å². The van der Waals surface area contributed by atoms with Gasteiger partial charge < -0.3 is 14.9 Å². The van der Waals surface area contributed by atoms with E-state index in [0.29, 0.717) is 12.0 Å². The molecule has 0 aromatic carbocycles. The molecule has 0 bridgehead atoms. The monoisotopic (exact) mass is 250 g/mol. The van der Waals surface area contributed by atoms with Gasteiger partial charge >= 0.3 is 5.97 Å². The number of aromatic nitrogens is 2. The summed E-state index contributed by atoms with van der Waals surface area (Å²) >= 11 is 0. The molecule has 0 saturated carbocycles. The second-order valence-corrected chi connectivity index (χ2v) is 4.78. The molecule has 1 aromatic rings. The van der Waals surface area contributed by atoms with Crippen LogP contribution < -0.4 is 4.90 Å². The lowest BCUT2D eigenvalue weighted by Crippen LogP contribution is -2.45. The zero-order chi connectivity index (χ0) is 13.1. The van der Waals surface area contributed by atoms with Crippen molar-refractivity contribution in [3.63, 3.8) is 0 Å². The molecule has 1 saturated heterocycles. The van der Waals surface area contributed by atoms with Gasteiger partial charge in [-0.3, -0.25) is 0 Å². The highest BCUT2D eigenvalue weighted by molar-refractivity contribution is 5.86. The van der Waals surface area contributed by atoms with Crippen LogP contribution in [-0.4, -0.2) is 59.2 Å². The van der Waals surface area contributed by atoms with Gasteiger partial charge in [0.05, 0.1) is 5.56 Å². The fourth-order valence-corrected chi connectivity index (χ4v) is 2.15. The first-order chi connectivity index (χ1) is 8.58. The third-order valence-corrected chi connectivity index (χ3v) is 3.29. The average Bonchev–Trinajstić information content (AvgIpc) is 2.39. The Kier molecular flexibility index (Phi) is 3.76. The Hall–Kier alpha value is -1.69. The van der Waals surface area contributed by atoms with Gasteiger partial charge in [0, 0.05) is 31.5 Å². The van der Waals surface area contributed by atoms with Gasteiger partial charge in [-0.1, -0.05) is 0 Å². The van der Waals surface area contributed by atoms with E-state index in [1.54, 1.807) is 0 Å². The molecule has 1 aliphatic heterocycles. The number of hydrogen-bond donors (Lipinski definition) is 1. The van der Waals surface area contributed by atoms with Crippen LogP contribution in [0.1, 0.15) is 23.2 Å². The largest absolute Gasteiger partial charge is 0.478 e. The van der Waals surface area contributed by atoms with Crippen molar-refractivity contribution < 1.29 is 9.90 Å². The zero-order valence-corrected chi connectivity index (χ0v) is 10.7. The summed E-state index contributed by atoms with van der Waals surface area (Å²) in [6.45, 7) is 1.82. The van der Waals surface area contributed by atoms with Crippen LogP contribution in [0.5, 0.6) is 0 Å². The van der Waals surface area contributed by atoms with Gasteiger partial charge in [-0.05, 0) is 26.9 Å². The van der Waals surface area contributed by atoms with Crippen molar-refractivity contribution in [1.29, 1.82) is 0 Å². The van der Waals surface area contributed by atoms with Gasteiger partial charge in [0.15, 0.2) is 0 Å². The summed E-state index contributed by atoms with van der Waals surface area (Å²) in [7, 11) is 4.14. The molecule has 2 rings (SSSR count). The second-order valence-electron chi connectivity index (χ2n) is 4.78. The summed E-state index contributed by atoms with van der Waals surface area (Å²) in [4.78, 5) is 23.3. The number of anilines is 1. The zero-order valence-electron chi connectivity index (χ0n) is 10.7. The molecule has 0 amide bonds. The van der Waals surface area contributed by atoms with E-state index in [1.807, 2.05) is 0 Å². The lowest BCUT2D eigenvalue weighted by atomic mass is 10.1. The number of carboxylic acids is 1. The molecule has 0 aliphatic carbocycles. The molecule has 6 heteroatoms. The molecule has 1 N–H and O–H groups in total. The molecule has 1 atom stereocenters. The van der Waals surface area contributed by atoms with Crippen molar-refractivity contribution in [3.8, 4) is 0 Å². The van der Waals surface area contributed by atoms with E-state index in [0.717, 1.165) is 19.5 Å². The minimum absolute atomic E-state index is 0.125. The third-order valence-electron chi connectivity index (χ3n) is 3.29. The Morgan fingerprint density at radius 2 is 2.11 bits per heavy atom. The van der Waals surface area contributed by atoms with Crippen molar-refractivity contribution in [1.82, 2.24) is 14.9 Å². The topological polar surface area (TPSA) is 69.6 Å². The second kappa shape index (κ2) is 5.30. The van der Waals surface area contributed by atoms with Crippen LogP contribution in [-0.2, 0) is 0 Å². The van der Waals surface area contributed by atoms with E-state index >= 15 is 0 Å². The summed E-state index contributed by atoms with van der Waals surface area (Å²) in [6, 6.07) is 0.501. The fraction of sp³-hybridized carbons (Fsp3) is 0.583. The lowest BCUT2D eigenvalue weighted by Gasteiger charge is -2.36. The first kappa shape index (κ1) is 12.8. The van der Waals surface area contributed by atoms with Crippen molar-refractivity contribution in [2.24, 2.45) is 0 Å². The Balaban J connectivity index is 2.09. The number of rotatable bonds is 3. The SMILES string of the molecule is CN(C)C1CCCN(c2ncc(C(=O)O)cn2)C1. The smallest absolute Gasteiger partial charge is 0.338 e. The molecule has 6 nitrogen and oxygen atoms in total. The van der Waals surface area contributed by atoms with E-state index in [-0.39, 0.29) is 5.56 Å². The lowest BCUT2D eigenvalue weighted by molar-refractivity contribution is 0.0696. The van der Waals surface area contributed by atoms with E-state index in [4.69, 9.17) is 5.11 Å². The minimum Gasteiger partial charge on any atom is -0.478 e. The Morgan fingerprint density at radius 1 is 1.44 bits per heavy atom. The molecule has 2 heterocycles. The third kappa shape index (κ3) is 2.76. The van der Waals surface area contributed by atoms with Gasteiger partial charge in [0.1, 0.15) is 0 Å². The summed E-state index contributed by atoms with van der Waals surface area (Å²) in [5.41, 5.74) is 0.125. The van der Waals surface area contributed by atoms with Gasteiger partial charge in [-0.15, -0.1) is 0 Å². The fourth-order valence-electron chi connectivity index (χ4n) is 2.15. The normalized spacial score (nSPS) is 20.2. The number of piperidine rings is 1. The summed E-state index contributed by atoms with van der Waals surface area (Å²) in [5.74, 6) is -0.377. The summed E-state index contributed by atoms with van der Waals surface area (Å²) in [6.07, 6.45) is 5.01. The molecular weight excluding hydrogens is 232 g/mol. The number of nitrogens with zero attached hydrogens (tertiary/aromatic N) is 4. The van der Waals surface area contributed by atoms with Crippen LogP contribution in [0.4, 0.5) is 5.95 Å². The van der Waals surface area contributed by atoms with E-state index in [2.05, 4.69) is 33.9 Å². The summed E-state index contributed by atoms with van der Waals surface area (Å²) in [5, 5.41) is 8.80. The predicted molar refractivity (Wildman–Crippen MR) is 67.9 cm³/mol. The predicted octanol–water partition coefficient (Wildman–Crippen LogP) is 0.705. The van der Waals surface area contributed by atoms with E-state index in [1.165, 1.54) is 18.8 Å². The average molecular weight is 250 g/mol. The van der Waals surface area contributed by atoms with Crippen molar-refractivity contribution in [2.45, 2.75) is 18.9 Å². The van der Waals surface area contributed by atoms with Crippen LogP contribution in [0.2, 0.25) is 0 Å². The Labute approximate surface area is 106 Å². The standard InChI is InChI=1S/C12H18N4O2/c1-15(2)10-4-3-5-16(8-10)12-13-6-9(7-14-12)11(17)18/h6-7,10H,3-5,8H2,1-2H3,(H,17,18). The Bertz CT molecular complexity index is 419. The van der Waals surface area contributed by atoms with Crippen LogP contribution >= 0.6 is 0 Å². The quantitative estimate of drug-likeness (QED) is 0.852. The van der Waals surface area contributed by atoms with Crippen molar-refractivity contribution >= 4 is 11.9 Å². The van der Waals surface area contributed by atoms with E-state index < -0.39 is 5.97 Å². The number of carbonyl (C=O) groups is 1. The first-order valence-electron chi connectivity index (χ1n) is 6.04. The molecule has 1 aliphatic rings. The highest BCUT2D eigenvalue weighted by atomic mass is 16.4. The molecule has 1 unspecified atom stereocenters. The van der Waals surface area contributed by atoms with Gasteiger partial charge in [-0.2, -0.15) is 0 Å². The van der Waals surface area contributed by atoms with Crippen LogP contribution in [0.15, 0.2) is 12.4 Å². The molecular formula is C12H18N4O2. The summed E-state index contributed by atoms with van der Waals surface area (Å²) < 4.78 is 0. The molecule has 0 spiro atoms. The number of likely N-dealkylation sites (N-methyl/N-ethyl adjacent to an activating group) is 1. The molecule has 98 valence electrons. The van der Waals surface area contributed by atoms with Crippen molar-refractivity contribution in [2.75, 3.05) is 32.1 Å². The van der Waals surface area contributed by atoms with Crippen LogP contribution in [0.25, 0.3) is 0 Å². The van der Waals surface area contributed by atoms with Crippen molar-refractivity contribution in [3.05, 3.63) is 18.0 Å². The molecule has 18 heavy (non-hydrogen) atoms. The van der Waals surface area contributed by atoms with Crippen LogP contribution in [0.3, 0.4) is 0 Å². The highest BCUT2D eigenvalue weighted by Crippen LogP contribution is 2.18. The number of hydrogen-bond acceptors (Lipinski definition) is 5. The minimum atomic E-state index is -0.994. The first-order valence-corrected chi connectivity index (χ1v) is 6.04. The molecule has 0 radical (unpaired) electrons. The molecule has 1 fully saturated rings. The van der Waals surface area contributed by atoms with Gasteiger partial charge in [0.25, 0.3) is 0 Å². The maximum Gasteiger partial charge on any atom is 0.338 e. The van der Waals surface area contributed by atoms with Gasteiger partial charge in [-0.25, -0.2) is 14.8 Å². The maximum atomic E-state index is 10.7.